The van der Waals surface area contributed by atoms with E-state index in [4.69, 9.17) is 0 Å². The fourth-order valence-corrected chi connectivity index (χ4v) is 4.31. The summed E-state index contributed by atoms with van der Waals surface area (Å²) in [4.78, 5) is 30.1. The monoisotopic (exact) mass is 415 g/mol. The molecule has 0 aliphatic carbocycles. The quantitative estimate of drug-likeness (QED) is 0.520. The van der Waals surface area contributed by atoms with Gasteiger partial charge in [-0.25, -0.2) is 14.6 Å². The number of nitrogens with zero attached hydrogens (tertiary/aromatic N) is 6. The van der Waals surface area contributed by atoms with Gasteiger partial charge in [0.25, 0.3) is 5.56 Å². The summed E-state index contributed by atoms with van der Waals surface area (Å²) in [6.07, 6.45) is 15.2. The highest BCUT2D eigenvalue weighted by molar-refractivity contribution is 5.83. The van der Waals surface area contributed by atoms with Crippen LogP contribution in [-0.4, -0.2) is 54.3 Å². The number of aromatic amines is 1. The van der Waals surface area contributed by atoms with Crippen LogP contribution >= 0.6 is 0 Å². The lowest BCUT2D eigenvalue weighted by molar-refractivity contribution is 0.186. The predicted molar refractivity (Wildman–Crippen MR) is 118 cm³/mol. The van der Waals surface area contributed by atoms with Crippen LogP contribution in [0.15, 0.2) is 60.3 Å². The molecular weight excluding hydrogens is 390 g/mol. The van der Waals surface area contributed by atoms with Crippen molar-refractivity contribution in [2.45, 2.75) is 25.7 Å². The van der Waals surface area contributed by atoms with Crippen molar-refractivity contribution in [1.29, 1.82) is 0 Å². The number of piperidine rings is 1. The number of rotatable bonds is 6. The Balaban J connectivity index is 1.18. The zero-order valence-corrected chi connectivity index (χ0v) is 17.3. The lowest BCUT2D eigenvalue weighted by atomic mass is 9.90. The predicted octanol–water partition coefficient (Wildman–Crippen LogP) is 2.40. The van der Waals surface area contributed by atoms with Gasteiger partial charge < -0.3 is 9.88 Å². The van der Waals surface area contributed by atoms with Crippen molar-refractivity contribution >= 4 is 10.9 Å². The van der Waals surface area contributed by atoms with E-state index >= 15 is 0 Å². The first-order valence-corrected chi connectivity index (χ1v) is 10.7. The molecule has 8 nitrogen and oxygen atoms in total. The Hall–Kier alpha value is -3.39. The molecule has 1 N–H and O–H groups in total. The molecule has 1 aliphatic heterocycles. The first-order chi connectivity index (χ1) is 15.3. The van der Waals surface area contributed by atoms with Crippen molar-refractivity contribution in [2.75, 3.05) is 19.6 Å². The minimum Gasteiger partial charge on any atom is -0.313 e. The van der Waals surface area contributed by atoms with E-state index in [-0.39, 0.29) is 5.56 Å². The highest BCUT2D eigenvalue weighted by Gasteiger charge is 2.19. The smallest absolute Gasteiger partial charge is 0.258 e. The molecule has 4 aromatic heterocycles. The molecule has 0 bridgehead atoms. The van der Waals surface area contributed by atoms with E-state index < -0.39 is 0 Å². The van der Waals surface area contributed by atoms with Crippen molar-refractivity contribution in [3.05, 3.63) is 77.0 Å². The highest BCUT2D eigenvalue weighted by Crippen LogP contribution is 2.22. The van der Waals surface area contributed by atoms with E-state index in [0.29, 0.717) is 16.7 Å². The third-order valence-electron chi connectivity index (χ3n) is 6.06. The van der Waals surface area contributed by atoms with Crippen LogP contribution in [0.4, 0.5) is 0 Å². The molecular formula is C23H25N7O. The Morgan fingerprint density at radius 2 is 1.97 bits per heavy atom. The van der Waals surface area contributed by atoms with E-state index in [2.05, 4.69) is 36.0 Å². The molecule has 0 aromatic carbocycles. The van der Waals surface area contributed by atoms with Gasteiger partial charge in [0, 0.05) is 31.3 Å². The number of aromatic nitrogens is 6. The fourth-order valence-electron chi connectivity index (χ4n) is 4.31. The number of H-pyrrole nitrogens is 1. The van der Waals surface area contributed by atoms with Gasteiger partial charge in [-0.1, -0.05) is 6.07 Å². The van der Waals surface area contributed by atoms with Gasteiger partial charge >= 0.3 is 0 Å². The summed E-state index contributed by atoms with van der Waals surface area (Å²) in [7, 11) is 0. The molecule has 5 rings (SSSR count). The summed E-state index contributed by atoms with van der Waals surface area (Å²) < 4.78 is 1.71. The average molecular weight is 416 g/mol. The second kappa shape index (κ2) is 8.77. The number of fused-ring (bicyclic) bond motifs is 1. The second-order valence-electron chi connectivity index (χ2n) is 8.16. The van der Waals surface area contributed by atoms with Gasteiger partial charge in [-0.3, -0.25) is 9.78 Å². The van der Waals surface area contributed by atoms with Crippen LogP contribution in [0.3, 0.4) is 0 Å². The summed E-state index contributed by atoms with van der Waals surface area (Å²) in [6.45, 7) is 3.29. The van der Waals surface area contributed by atoms with Crippen molar-refractivity contribution in [3.63, 3.8) is 0 Å². The van der Waals surface area contributed by atoms with Gasteiger partial charge in [0.15, 0.2) is 5.82 Å². The van der Waals surface area contributed by atoms with Crippen LogP contribution in [0.5, 0.6) is 0 Å². The fraction of sp³-hybridized carbons (Fsp3) is 0.348. The van der Waals surface area contributed by atoms with Crippen LogP contribution in [0, 0.1) is 5.92 Å². The van der Waals surface area contributed by atoms with Crippen LogP contribution in [0.2, 0.25) is 0 Å². The summed E-state index contributed by atoms with van der Waals surface area (Å²) in [5, 5.41) is 4.98. The van der Waals surface area contributed by atoms with Crippen LogP contribution in [0.25, 0.3) is 16.7 Å². The van der Waals surface area contributed by atoms with Gasteiger partial charge in [-0.2, -0.15) is 5.10 Å². The molecule has 1 fully saturated rings. The van der Waals surface area contributed by atoms with E-state index in [0.717, 1.165) is 44.0 Å². The van der Waals surface area contributed by atoms with Crippen molar-refractivity contribution in [1.82, 2.24) is 34.6 Å². The van der Waals surface area contributed by atoms with E-state index in [1.807, 2.05) is 30.9 Å². The van der Waals surface area contributed by atoms with Crippen LogP contribution in [-0.2, 0) is 12.8 Å². The number of hydrogen-bond acceptors (Lipinski definition) is 6. The molecule has 0 amide bonds. The molecule has 1 saturated heterocycles. The molecule has 0 saturated carbocycles. The number of pyridine rings is 2. The minimum absolute atomic E-state index is 0.173. The summed E-state index contributed by atoms with van der Waals surface area (Å²) >= 11 is 0. The van der Waals surface area contributed by atoms with Gasteiger partial charge in [0.1, 0.15) is 5.52 Å². The normalized spacial score (nSPS) is 15.5. The summed E-state index contributed by atoms with van der Waals surface area (Å²) in [5.74, 6) is 1.32. The van der Waals surface area contributed by atoms with Crippen molar-refractivity contribution in [2.24, 2.45) is 5.92 Å². The molecule has 5 heterocycles. The SMILES string of the molecule is O=c1[nH]cnc2c(-n3cc(CCN4CCC(Cc5cccnc5)CC4)cn3)nccc12. The zero-order chi connectivity index (χ0) is 21.0. The highest BCUT2D eigenvalue weighted by atomic mass is 16.1. The Morgan fingerprint density at radius 3 is 2.81 bits per heavy atom. The Kier molecular flexibility index (Phi) is 5.54. The van der Waals surface area contributed by atoms with E-state index in [9.17, 15) is 4.79 Å². The Labute approximate surface area is 180 Å². The van der Waals surface area contributed by atoms with Crippen molar-refractivity contribution < 1.29 is 0 Å². The second-order valence-corrected chi connectivity index (χ2v) is 8.16. The molecule has 4 aromatic rings. The van der Waals surface area contributed by atoms with E-state index in [1.165, 1.54) is 24.7 Å². The molecule has 8 heteroatoms. The first kappa shape index (κ1) is 19.6. The van der Waals surface area contributed by atoms with Gasteiger partial charge in [0.05, 0.1) is 17.9 Å². The maximum absolute atomic E-state index is 12.0. The lowest BCUT2D eigenvalue weighted by Gasteiger charge is -2.31. The maximum atomic E-state index is 12.0. The van der Waals surface area contributed by atoms with E-state index in [1.54, 1.807) is 16.9 Å². The molecule has 158 valence electrons. The van der Waals surface area contributed by atoms with Crippen molar-refractivity contribution in [3.8, 4) is 5.82 Å². The maximum Gasteiger partial charge on any atom is 0.258 e. The third kappa shape index (κ3) is 4.39. The Bertz CT molecular complexity index is 1210. The lowest BCUT2D eigenvalue weighted by Crippen LogP contribution is -2.35. The molecule has 0 unspecified atom stereocenters. The Morgan fingerprint density at radius 1 is 1.06 bits per heavy atom. The standard InChI is InChI=1S/C23H25N7O/c31-23-20-3-8-25-22(21(20)26-16-27-23)30-15-19(14-28-30)6-11-29-9-4-17(5-10-29)12-18-2-1-7-24-13-18/h1-3,7-8,13-17H,4-6,9-12H2,(H,26,27,31). The molecule has 0 spiro atoms. The minimum atomic E-state index is -0.173. The largest absolute Gasteiger partial charge is 0.313 e. The summed E-state index contributed by atoms with van der Waals surface area (Å²) in [6, 6.07) is 5.87. The first-order valence-electron chi connectivity index (χ1n) is 10.7. The number of nitrogens with one attached hydrogen (secondary N) is 1. The molecule has 0 radical (unpaired) electrons. The van der Waals surface area contributed by atoms with Crippen LogP contribution in [0.1, 0.15) is 24.0 Å². The molecule has 31 heavy (non-hydrogen) atoms. The van der Waals surface area contributed by atoms with Gasteiger partial charge in [0.2, 0.25) is 0 Å². The number of hydrogen-bond donors (Lipinski definition) is 1. The zero-order valence-electron chi connectivity index (χ0n) is 17.3. The van der Waals surface area contributed by atoms with Crippen LogP contribution < -0.4 is 5.56 Å². The topological polar surface area (TPSA) is 92.6 Å². The average Bonchev–Trinajstić information content (AvgIpc) is 3.28. The molecule has 0 atom stereocenters. The van der Waals surface area contributed by atoms with Gasteiger partial charge in [-0.15, -0.1) is 0 Å². The summed E-state index contributed by atoms with van der Waals surface area (Å²) in [5.41, 5.74) is 2.87. The molecule has 1 aliphatic rings. The number of likely N-dealkylation sites (tertiary alicyclic amines) is 1. The third-order valence-corrected chi connectivity index (χ3v) is 6.06. The van der Waals surface area contributed by atoms with Gasteiger partial charge in [-0.05, 0) is 68.0 Å².